The number of rotatable bonds is 3. The number of halogens is 1. The highest BCUT2D eigenvalue weighted by Crippen LogP contribution is 2.34. The topological polar surface area (TPSA) is 39.7 Å². The highest BCUT2D eigenvalue weighted by atomic mass is 19.1. The van der Waals surface area contributed by atoms with Crippen molar-refractivity contribution in [3.8, 4) is 11.5 Å². The molecule has 5 heteroatoms. The molecule has 4 nitrogen and oxygen atoms in total. The van der Waals surface area contributed by atoms with Crippen molar-refractivity contribution in [3.05, 3.63) is 23.5 Å². The molecule has 0 bridgehead atoms. The lowest BCUT2D eigenvalue weighted by Crippen LogP contribution is -2.11. The summed E-state index contributed by atoms with van der Waals surface area (Å²) in [4.78, 5) is 4.63. The zero-order chi connectivity index (χ0) is 9.97. The third-order valence-corrected chi connectivity index (χ3v) is 1.95. The van der Waals surface area contributed by atoms with Crippen LogP contribution in [0.25, 0.3) is 0 Å². The number of benzene rings is 1. The molecule has 0 saturated heterocycles. The van der Waals surface area contributed by atoms with E-state index in [9.17, 15) is 4.39 Å². The van der Waals surface area contributed by atoms with Gasteiger partial charge in [-0.1, -0.05) is 0 Å². The Kier molecular flexibility index (Phi) is 2.51. The molecule has 1 aliphatic rings. The van der Waals surface area contributed by atoms with Crippen molar-refractivity contribution in [3.63, 3.8) is 0 Å². The zero-order valence-electron chi connectivity index (χ0n) is 7.67. The van der Waals surface area contributed by atoms with E-state index in [0.717, 1.165) is 0 Å². The number of hydroxylamine groups is 1. The highest BCUT2D eigenvalue weighted by molar-refractivity contribution is 5.45. The Morgan fingerprint density at radius 1 is 1.43 bits per heavy atom. The van der Waals surface area contributed by atoms with E-state index >= 15 is 0 Å². The van der Waals surface area contributed by atoms with Gasteiger partial charge in [0.2, 0.25) is 6.79 Å². The molecule has 0 radical (unpaired) electrons. The maximum absolute atomic E-state index is 13.3. The van der Waals surface area contributed by atoms with Crippen LogP contribution in [0.2, 0.25) is 0 Å². The average molecular weight is 199 g/mol. The van der Waals surface area contributed by atoms with Gasteiger partial charge in [-0.2, -0.15) is 5.48 Å². The van der Waals surface area contributed by atoms with Gasteiger partial charge in [0.15, 0.2) is 11.5 Å². The zero-order valence-corrected chi connectivity index (χ0v) is 7.67. The van der Waals surface area contributed by atoms with Crippen molar-refractivity contribution < 1.29 is 18.7 Å². The first kappa shape index (κ1) is 9.23. The minimum absolute atomic E-state index is 0.149. The predicted molar refractivity (Wildman–Crippen MR) is 46.4 cm³/mol. The molecule has 0 unspecified atom stereocenters. The van der Waals surface area contributed by atoms with E-state index in [0.29, 0.717) is 23.6 Å². The maximum Gasteiger partial charge on any atom is 0.231 e. The molecule has 0 saturated carbocycles. The molecule has 1 N–H and O–H groups in total. The van der Waals surface area contributed by atoms with Gasteiger partial charge in [-0.15, -0.1) is 0 Å². The lowest BCUT2D eigenvalue weighted by atomic mass is 10.2. The number of nitrogens with one attached hydrogen (secondary N) is 1. The summed E-state index contributed by atoms with van der Waals surface area (Å²) in [6.07, 6.45) is 0. The molecule has 0 spiro atoms. The van der Waals surface area contributed by atoms with Gasteiger partial charge in [0, 0.05) is 18.2 Å². The van der Waals surface area contributed by atoms with Crippen LogP contribution in [0.5, 0.6) is 11.5 Å². The van der Waals surface area contributed by atoms with Gasteiger partial charge in [-0.3, -0.25) is 0 Å². The second kappa shape index (κ2) is 3.81. The molecule has 76 valence electrons. The van der Waals surface area contributed by atoms with Gasteiger partial charge in [0.25, 0.3) is 0 Å². The first-order valence-electron chi connectivity index (χ1n) is 4.15. The molecule has 1 aromatic carbocycles. The molecule has 0 amide bonds. The van der Waals surface area contributed by atoms with Crippen molar-refractivity contribution >= 4 is 0 Å². The lowest BCUT2D eigenvalue weighted by Gasteiger charge is -2.04. The summed E-state index contributed by atoms with van der Waals surface area (Å²) in [7, 11) is 1.48. The maximum atomic E-state index is 13.3. The van der Waals surface area contributed by atoms with Crippen LogP contribution < -0.4 is 15.0 Å². The van der Waals surface area contributed by atoms with Gasteiger partial charge in [-0.05, 0) is 6.07 Å². The number of fused-ring (bicyclic) bond motifs is 1. The molecule has 1 aliphatic heterocycles. The summed E-state index contributed by atoms with van der Waals surface area (Å²) in [6.45, 7) is 0.439. The van der Waals surface area contributed by atoms with Gasteiger partial charge in [0.05, 0.1) is 7.11 Å². The summed E-state index contributed by atoms with van der Waals surface area (Å²) in [5.74, 6) is 0.682. The molecule has 14 heavy (non-hydrogen) atoms. The van der Waals surface area contributed by atoms with Crippen LogP contribution in [-0.2, 0) is 11.4 Å². The quantitative estimate of drug-likeness (QED) is 0.742. The third kappa shape index (κ3) is 1.64. The van der Waals surface area contributed by atoms with Gasteiger partial charge >= 0.3 is 0 Å². The normalized spacial score (nSPS) is 13.3. The molecule has 0 aromatic heterocycles. The summed E-state index contributed by atoms with van der Waals surface area (Å²) in [5, 5.41) is 0. The van der Waals surface area contributed by atoms with Crippen molar-refractivity contribution in [1.29, 1.82) is 0 Å². The largest absolute Gasteiger partial charge is 0.454 e. The van der Waals surface area contributed by atoms with Crippen molar-refractivity contribution in [2.75, 3.05) is 13.9 Å². The van der Waals surface area contributed by atoms with E-state index in [1.54, 1.807) is 6.07 Å². The third-order valence-electron chi connectivity index (χ3n) is 1.95. The lowest BCUT2D eigenvalue weighted by molar-refractivity contribution is 0.0859. The Labute approximate surface area is 80.5 Å². The second-order valence-corrected chi connectivity index (χ2v) is 2.82. The fourth-order valence-electron chi connectivity index (χ4n) is 1.24. The summed E-state index contributed by atoms with van der Waals surface area (Å²) in [5.41, 5.74) is 3.04. The first-order valence-corrected chi connectivity index (χ1v) is 4.15. The number of hydrogen-bond donors (Lipinski definition) is 1. The monoisotopic (exact) mass is 199 g/mol. The van der Waals surface area contributed by atoms with Crippen LogP contribution in [0, 0.1) is 5.82 Å². The molecule has 0 aliphatic carbocycles. The Morgan fingerprint density at radius 3 is 2.86 bits per heavy atom. The van der Waals surface area contributed by atoms with E-state index in [2.05, 4.69) is 10.3 Å². The average Bonchev–Trinajstić information content (AvgIpc) is 2.61. The molecule has 1 aromatic rings. The van der Waals surface area contributed by atoms with Gasteiger partial charge < -0.3 is 14.3 Å². The Bertz CT molecular complexity index is 343. The summed E-state index contributed by atoms with van der Waals surface area (Å²) < 4.78 is 23.5. The fourth-order valence-corrected chi connectivity index (χ4v) is 1.24. The van der Waals surface area contributed by atoms with E-state index in [4.69, 9.17) is 9.47 Å². The van der Waals surface area contributed by atoms with Crippen LogP contribution in [0.1, 0.15) is 5.56 Å². The van der Waals surface area contributed by atoms with Gasteiger partial charge in [-0.25, -0.2) is 4.39 Å². The number of ether oxygens (including phenoxy) is 2. The Morgan fingerprint density at radius 2 is 2.14 bits per heavy atom. The highest BCUT2D eigenvalue weighted by Gasteiger charge is 2.16. The molecule has 0 fully saturated rings. The predicted octanol–water partition coefficient (Wildman–Crippen LogP) is 1.21. The second-order valence-electron chi connectivity index (χ2n) is 2.82. The van der Waals surface area contributed by atoms with Crippen LogP contribution in [0.3, 0.4) is 0 Å². The SMILES string of the molecule is CONCc1cc2c(cc1F)OCO2. The molecule has 1 heterocycles. The smallest absolute Gasteiger partial charge is 0.231 e. The van der Waals surface area contributed by atoms with Gasteiger partial charge in [0.1, 0.15) is 5.82 Å². The summed E-state index contributed by atoms with van der Waals surface area (Å²) in [6, 6.07) is 2.92. The molecule has 0 atom stereocenters. The van der Waals surface area contributed by atoms with Crippen molar-refractivity contribution in [1.82, 2.24) is 5.48 Å². The minimum atomic E-state index is -0.334. The molecular formula is C9H10FNO3. The number of hydrogen-bond acceptors (Lipinski definition) is 4. The van der Waals surface area contributed by atoms with E-state index < -0.39 is 0 Å². The Hall–Kier alpha value is -1.33. The first-order chi connectivity index (χ1) is 6.81. The molecule has 2 rings (SSSR count). The summed E-state index contributed by atoms with van der Waals surface area (Å²) >= 11 is 0. The van der Waals surface area contributed by atoms with Crippen LogP contribution in [0.15, 0.2) is 12.1 Å². The van der Waals surface area contributed by atoms with Crippen LogP contribution in [-0.4, -0.2) is 13.9 Å². The van der Waals surface area contributed by atoms with E-state index in [-0.39, 0.29) is 12.6 Å². The van der Waals surface area contributed by atoms with Crippen molar-refractivity contribution in [2.24, 2.45) is 0 Å². The van der Waals surface area contributed by atoms with Crippen LogP contribution >= 0.6 is 0 Å². The van der Waals surface area contributed by atoms with E-state index in [1.165, 1.54) is 13.2 Å². The molecular weight excluding hydrogens is 189 g/mol. The van der Waals surface area contributed by atoms with E-state index in [1.807, 2.05) is 0 Å². The van der Waals surface area contributed by atoms with Crippen LogP contribution in [0.4, 0.5) is 4.39 Å². The van der Waals surface area contributed by atoms with Crippen molar-refractivity contribution in [2.45, 2.75) is 6.54 Å². The Balaban J connectivity index is 2.23. The minimum Gasteiger partial charge on any atom is -0.454 e. The standard InChI is InChI=1S/C9H10FNO3/c1-12-11-4-6-2-8-9(3-7(6)10)14-5-13-8/h2-3,11H,4-5H2,1H3. The fraction of sp³-hybridized carbons (Fsp3) is 0.333.